The van der Waals surface area contributed by atoms with Crippen molar-refractivity contribution in [2.75, 3.05) is 13.4 Å². The second-order valence-corrected chi connectivity index (χ2v) is 7.39. The second-order valence-electron chi connectivity index (χ2n) is 5.54. The first-order chi connectivity index (χ1) is 12.1. The molecule has 0 spiro atoms. The average Bonchev–Trinajstić information content (AvgIpc) is 3.01. The first-order valence-electron chi connectivity index (χ1n) is 7.99. The summed E-state index contributed by atoms with van der Waals surface area (Å²) in [4.78, 5) is 18.8. The van der Waals surface area contributed by atoms with E-state index in [2.05, 4.69) is 11.9 Å². The third-order valence-corrected chi connectivity index (χ3v) is 6.01. The van der Waals surface area contributed by atoms with E-state index in [-0.39, 0.29) is 5.91 Å². The SMILES string of the molecule is CCn1c(=NC(=O)c2ccc(SC)cc2)sc2c(C)ccc(OC)c21. The Morgan fingerprint density at radius 2 is 1.96 bits per heavy atom. The van der Waals surface area contributed by atoms with Crippen LogP contribution in [0.5, 0.6) is 5.75 Å². The molecule has 0 saturated heterocycles. The average molecular weight is 373 g/mol. The summed E-state index contributed by atoms with van der Waals surface area (Å²) in [6.07, 6.45) is 2.01. The van der Waals surface area contributed by atoms with Gasteiger partial charge in [-0.15, -0.1) is 11.8 Å². The maximum absolute atomic E-state index is 12.6. The smallest absolute Gasteiger partial charge is 0.279 e. The molecule has 0 aliphatic carbocycles. The molecule has 0 fully saturated rings. The number of ether oxygens (including phenoxy) is 1. The van der Waals surface area contributed by atoms with Crippen LogP contribution >= 0.6 is 23.1 Å². The Balaban J connectivity index is 2.15. The fourth-order valence-electron chi connectivity index (χ4n) is 2.71. The van der Waals surface area contributed by atoms with Gasteiger partial charge < -0.3 is 9.30 Å². The van der Waals surface area contributed by atoms with Crippen molar-refractivity contribution in [2.24, 2.45) is 4.99 Å². The van der Waals surface area contributed by atoms with Crippen LogP contribution < -0.4 is 9.54 Å². The molecule has 6 heteroatoms. The highest BCUT2D eigenvalue weighted by Crippen LogP contribution is 2.30. The zero-order chi connectivity index (χ0) is 18.0. The van der Waals surface area contributed by atoms with Crippen LogP contribution in [-0.4, -0.2) is 23.8 Å². The van der Waals surface area contributed by atoms with E-state index in [1.165, 1.54) is 11.3 Å². The number of aromatic nitrogens is 1. The van der Waals surface area contributed by atoms with E-state index in [9.17, 15) is 4.79 Å². The van der Waals surface area contributed by atoms with E-state index < -0.39 is 0 Å². The first-order valence-corrected chi connectivity index (χ1v) is 10.0. The summed E-state index contributed by atoms with van der Waals surface area (Å²) >= 11 is 3.18. The van der Waals surface area contributed by atoms with Crippen LogP contribution in [0.1, 0.15) is 22.8 Å². The van der Waals surface area contributed by atoms with Crippen LogP contribution in [0.2, 0.25) is 0 Å². The molecule has 25 heavy (non-hydrogen) atoms. The van der Waals surface area contributed by atoms with Gasteiger partial charge in [0.05, 0.1) is 11.8 Å². The normalized spacial score (nSPS) is 11.9. The maximum atomic E-state index is 12.6. The molecule has 0 atom stereocenters. The number of carbonyl (C=O) groups excluding carboxylic acids is 1. The Morgan fingerprint density at radius 3 is 2.56 bits per heavy atom. The number of aryl methyl sites for hydroxylation is 2. The van der Waals surface area contributed by atoms with E-state index >= 15 is 0 Å². The number of rotatable bonds is 4. The zero-order valence-electron chi connectivity index (χ0n) is 14.7. The number of methoxy groups -OCH3 is 1. The molecule has 0 saturated carbocycles. The van der Waals surface area contributed by atoms with Crippen molar-refractivity contribution in [1.29, 1.82) is 0 Å². The van der Waals surface area contributed by atoms with Gasteiger partial charge >= 0.3 is 0 Å². The van der Waals surface area contributed by atoms with Crippen molar-refractivity contribution in [3.63, 3.8) is 0 Å². The van der Waals surface area contributed by atoms with Gasteiger partial charge in [0.15, 0.2) is 4.80 Å². The monoisotopic (exact) mass is 372 g/mol. The number of thioether (sulfide) groups is 1. The van der Waals surface area contributed by atoms with Crippen LogP contribution in [0.15, 0.2) is 46.3 Å². The summed E-state index contributed by atoms with van der Waals surface area (Å²) in [5.74, 6) is 0.579. The third-order valence-electron chi connectivity index (χ3n) is 4.06. The molecule has 0 radical (unpaired) electrons. The van der Waals surface area contributed by atoms with Crippen molar-refractivity contribution in [3.8, 4) is 5.75 Å². The lowest BCUT2D eigenvalue weighted by Gasteiger charge is -2.07. The van der Waals surface area contributed by atoms with Crippen LogP contribution in [0, 0.1) is 6.92 Å². The van der Waals surface area contributed by atoms with E-state index in [0.717, 1.165) is 33.0 Å². The Labute approximate surface area is 155 Å². The molecule has 0 bridgehead atoms. The van der Waals surface area contributed by atoms with E-state index in [0.29, 0.717) is 10.4 Å². The second kappa shape index (κ2) is 7.45. The molecule has 3 aromatic rings. The highest BCUT2D eigenvalue weighted by molar-refractivity contribution is 7.98. The predicted molar refractivity (Wildman–Crippen MR) is 105 cm³/mol. The summed E-state index contributed by atoms with van der Waals surface area (Å²) in [6.45, 7) is 4.83. The highest BCUT2D eigenvalue weighted by atomic mass is 32.2. The zero-order valence-corrected chi connectivity index (χ0v) is 16.3. The third kappa shape index (κ3) is 3.37. The number of hydrogen-bond donors (Lipinski definition) is 0. The van der Waals surface area contributed by atoms with E-state index in [1.807, 2.05) is 54.1 Å². The van der Waals surface area contributed by atoms with Crippen molar-refractivity contribution >= 4 is 39.2 Å². The molecule has 1 amide bonds. The number of amides is 1. The lowest BCUT2D eigenvalue weighted by Crippen LogP contribution is -2.16. The minimum absolute atomic E-state index is 0.224. The molecule has 130 valence electrons. The predicted octanol–water partition coefficient (Wildman–Crippen LogP) is 4.50. The number of hydrogen-bond acceptors (Lipinski definition) is 4. The van der Waals surface area contributed by atoms with Gasteiger partial charge in [-0.2, -0.15) is 4.99 Å². The molecule has 1 aromatic heterocycles. The Kier molecular flexibility index (Phi) is 5.30. The van der Waals surface area contributed by atoms with E-state index in [1.54, 1.807) is 18.9 Å². The Hall–Kier alpha value is -2.05. The molecule has 0 unspecified atom stereocenters. The summed E-state index contributed by atoms with van der Waals surface area (Å²) in [5.41, 5.74) is 2.75. The fourth-order valence-corrected chi connectivity index (χ4v) is 4.29. The fraction of sp³-hybridized carbons (Fsp3) is 0.263. The summed E-state index contributed by atoms with van der Waals surface area (Å²) in [5, 5.41) is 0. The Bertz CT molecular complexity index is 985. The number of fused-ring (bicyclic) bond motifs is 1. The largest absolute Gasteiger partial charge is 0.495 e. The number of nitrogens with zero attached hydrogens (tertiary/aromatic N) is 2. The van der Waals surface area contributed by atoms with Gasteiger partial charge in [0.25, 0.3) is 5.91 Å². The molecule has 3 rings (SSSR count). The minimum atomic E-state index is -0.224. The summed E-state index contributed by atoms with van der Waals surface area (Å²) < 4.78 is 8.65. The van der Waals surface area contributed by atoms with Gasteiger partial charge in [-0.3, -0.25) is 4.79 Å². The molecule has 2 aromatic carbocycles. The van der Waals surface area contributed by atoms with Gasteiger partial charge in [-0.1, -0.05) is 17.4 Å². The van der Waals surface area contributed by atoms with Crippen molar-refractivity contribution in [2.45, 2.75) is 25.3 Å². The molecule has 0 aliphatic heterocycles. The quantitative estimate of drug-likeness (QED) is 0.633. The van der Waals surface area contributed by atoms with Gasteiger partial charge in [-0.25, -0.2) is 0 Å². The van der Waals surface area contributed by atoms with Crippen molar-refractivity contribution in [1.82, 2.24) is 4.57 Å². The molecular weight excluding hydrogens is 352 g/mol. The van der Waals surface area contributed by atoms with Gasteiger partial charge in [0.1, 0.15) is 11.3 Å². The topological polar surface area (TPSA) is 43.6 Å². The molecule has 0 N–H and O–H groups in total. The number of carbonyl (C=O) groups is 1. The highest BCUT2D eigenvalue weighted by Gasteiger charge is 2.14. The minimum Gasteiger partial charge on any atom is -0.495 e. The van der Waals surface area contributed by atoms with E-state index in [4.69, 9.17) is 4.74 Å². The lowest BCUT2D eigenvalue weighted by atomic mass is 10.2. The standard InChI is InChI=1S/C19H20N2O2S2/c1-5-21-16-15(23-3)11-6-12(2)17(16)25-19(21)20-18(22)13-7-9-14(24-4)10-8-13/h6-11H,5H2,1-4H3. The number of benzene rings is 2. The van der Waals surface area contributed by atoms with Crippen LogP contribution in [0.4, 0.5) is 0 Å². The van der Waals surface area contributed by atoms with Gasteiger partial charge in [0.2, 0.25) is 0 Å². The van der Waals surface area contributed by atoms with Crippen molar-refractivity contribution < 1.29 is 9.53 Å². The molecule has 1 heterocycles. The first kappa shape index (κ1) is 17.8. The Morgan fingerprint density at radius 1 is 1.24 bits per heavy atom. The van der Waals surface area contributed by atoms with Gasteiger partial charge in [-0.05, 0) is 56.0 Å². The number of thiazole rings is 1. The van der Waals surface area contributed by atoms with Crippen LogP contribution in [0.3, 0.4) is 0 Å². The van der Waals surface area contributed by atoms with Gasteiger partial charge in [0, 0.05) is 17.0 Å². The maximum Gasteiger partial charge on any atom is 0.279 e. The van der Waals surface area contributed by atoms with Crippen LogP contribution in [0.25, 0.3) is 10.2 Å². The summed E-state index contributed by atoms with van der Waals surface area (Å²) in [7, 11) is 1.66. The molecule has 4 nitrogen and oxygen atoms in total. The lowest BCUT2D eigenvalue weighted by molar-refractivity contribution is 0.0998. The summed E-state index contributed by atoms with van der Waals surface area (Å²) in [6, 6.07) is 11.5. The molecular formula is C19H20N2O2S2. The van der Waals surface area contributed by atoms with Crippen molar-refractivity contribution in [3.05, 3.63) is 52.3 Å². The molecule has 0 aliphatic rings. The van der Waals surface area contributed by atoms with Crippen LogP contribution in [-0.2, 0) is 6.54 Å².